The summed E-state index contributed by atoms with van der Waals surface area (Å²) in [6.45, 7) is 0.557. The summed E-state index contributed by atoms with van der Waals surface area (Å²) < 4.78 is 21.4. The van der Waals surface area contributed by atoms with Crippen molar-refractivity contribution in [1.29, 1.82) is 0 Å². The van der Waals surface area contributed by atoms with E-state index in [1.807, 2.05) is 54.6 Å². The number of hydrogen-bond donors (Lipinski definition) is 0. The summed E-state index contributed by atoms with van der Waals surface area (Å²) in [5.74, 6) is 1.17. The first-order chi connectivity index (χ1) is 15.6. The molecule has 0 aliphatic carbocycles. The smallest absolute Gasteiger partial charge is 0.305 e. The largest absolute Gasteiger partial charge is 0.489 e. The first kappa shape index (κ1) is 21.4. The Morgan fingerprint density at radius 2 is 1.75 bits per heavy atom. The van der Waals surface area contributed by atoms with Crippen molar-refractivity contribution in [3.63, 3.8) is 0 Å². The van der Waals surface area contributed by atoms with Crippen LogP contribution in [0.25, 0.3) is 0 Å². The maximum Gasteiger partial charge on any atom is 0.305 e. The van der Waals surface area contributed by atoms with Gasteiger partial charge in [0, 0.05) is 17.9 Å². The van der Waals surface area contributed by atoms with Crippen molar-refractivity contribution < 1.29 is 28.5 Å². The van der Waals surface area contributed by atoms with E-state index in [0.717, 1.165) is 16.9 Å². The van der Waals surface area contributed by atoms with Crippen molar-refractivity contribution in [2.75, 3.05) is 13.9 Å². The number of esters is 1. The number of Topliss-reactive ketones (excluding diaryl/α,β-unsaturated/α-hetero) is 1. The van der Waals surface area contributed by atoms with Crippen LogP contribution in [0.4, 0.5) is 0 Å². The Balaban J connectivity index is 1.48. The van der Waals surface area contributed by atoms with Crippen LogP contribution in [0.3, 0.4) is 0 Å². The topological polar surface area (TPSA) is 71.1 Å². The van der Waals surface area contributed by atoms with E-state index in [1.54, 1.807) is 18.2 Å². The number of carbonyl (C=O) groups is 2. The van der Waals surface area contributed by atoms with Gasteiger partial charge < -0.3 is 18.9 Å². The minimum Gasteiger partial charge on any atom is -0.489 e. The molecule has 0 amide bonds. The Morgan fingerprint density at radius 1 is 0.938 bits per heavy atom. The molecule has 0 aromatic heterocycles. The Labute approximate surface area is 186 Å². The molecule has 32 heavy (non-hydrogen) atoms. The number of methoxy groups -OCH3 is 1. The number of hydrogen-bond acceptors (Lipinski definition) is 6. The lowest BCUT2D eigenvalue weighted by molar-refractivity contribution is -0.140. The first-order valence-electron chi connectivity index (χ1n) is 10.4. The van der Waals surface area contributed by atoms with Crippen LogP contribution < -0.4 is 14.2 Å². The highest BCUT2D eigenvalue weighted by Crippen LogP contribution is 2.33. The van der Waals surface area contributed by atoms with Gasteiger partial charge in [0.2, 0.25) is 6.79 Å². The predicted octanol–water partition coefficient (Wildman–Crippen LogP) is 4.91. The fourth-order valence-corrected chi connectivity index (χ4v) is 3.64. The molecule has 3 aromatic carbocycles. The van der Waals surface area contributed by atoms with E-state index in [0.29, 0.717) is 30.1 Å². The van der Waals surface area contributed by atoms with Gasteiger partial charge in [0.1, 0.15) is 12.4 Å². The van der Waals surface area contributed by atoms with E-state index in [9.17, 15) is 9.59 Å². The van der Waals surface area contributed by atoms with Crippen LogP contribution in [0.5, 0.6) is 17.2 Å². The van der Waals surface area contributed by atoms with Gasteiger partial charge in [-0.25, -0.2) is 0 Å². The molecule has 164 valence electrons. The maximum atomic E-state index is 13.4. The summed E-state index contributed by atoms with van der Waals surface area (Å²) in [5.41, 5.74) is 2.34. The molecule has 1 atom stereocenters. The highest BCUT2D eigenvalue weighted by molar-refractivity contribution is 6.01. The molecule has 1 unspecified atom stereocenters. The second-order valence-corrected chi connectivity index (χ2v) is 7.45. The minimum absolute atomic E-state index is 0.0615. The summed E-state index contributed by atoms with van der Waals surface area (Å²) in [5, 5.41) is 0. The van der Waals surface area contributed by atoms with Crippen molar-refractivity contribution in [3.8, 4) is 17.2 Å². The van der Waals surface area contributed by atoms with Gasteiger partial charge in [0.05, 0.1) is 7.11 Å². The molecule has 0 N–H and O–H groups in total. The van der Waals surface area contributed by atoms with Gasteiger partial charge in [-0.3, -0.25) is 9.59 Å². The highest BCUT2D eigenvalue weighted by Gasteiger charge is 2.23. The second-order valence-electron chi connectivity index (χ2n) is 7.45. The normalized spacial score (nSPS) is 12.8. The van der Waals surface area contributed by atoms with Crippen molar-refractivity contribution in [2.45, 2.75) is 25.4 Å². The monoisotopic (exact) mass is 432 g/mol. The predicted molar refractivity (Wildman–Crippen MR) is 118 cm³/mol. The van der Waals surface area contributed by atoms with E-state index < -0.39 is 5.92 Å². The molecular formula is C26H24O6. The van der Waals surface area contributed by atoms with Crippen LogP contribution in [-0.4, -0.2) is 25.7 Å². The van der Waals surface area contributed by atoms with E-state index >= 15 is 0 Å². The summed E-state index contributed by atoms with van der Waals surface area (Å²) in [6, 6.07) is 22.3. The van der Waals surface area contributed by atoms with Crippen molar-refractivity contribution in [2.24, 2.45) is 0 Å². The van der Waals surface area contributed by atoms with Crippen molar-refractivity contribution in [1.82, 2.24) is 0 Å². The highest BCUT2D eigenvalue weighted by atomic mass is 16.7. The van der Waals surface area contributed by atoms with Gasteiger partial charge in [-0.15, -0.1) is 0 Å². The Bertz CT molecular complexity index is 1090. The molecule has 1 heterocycles. The lowest BCUT2D eigenvalue weighted by Crippen LogP contribution is -2.15. The molecule has 0 bridgehead atoms. The third kappa shape index (κ3) is 5.09. The van der Waals surface area contributed by atoms with Crippen LogP contribution in [0.2, 0.25) is 0 Å². The molecule has 0 saturated heterocycles. The van der Waals surface area contributed by atoms with Crippen LogP contribution in [0.15, 0.2) is 72.8 Å². The molecule has 0 spiro atoms. The van der Waals surface area contributed by atoms with Crippen LogP contribution in [0.1, 0.15) is 40.2 Å². The van der Waals surface area contributed by atoms with E-state index in [-0.39, 0.29) is 25.0 Å². The summed E-state index contributed by atoms with van der Waals surface area (Å²) in [6.07, 6.45) is 0.542. The average Bonchev–Trinajstić information content (AvgIpc) is 3.31. The molecule has 1 aliphatic heterocycles. The molecule has 6 nitrogen and oxygen atoms in total. The molecule has 1 aliphatic rings. The van der Waals surface area contributed by atoms with Gasteiger partial charge >= 0.3 is 5.97 Å². The van der Waals surface area contributed by atoms with Crippen molar-refractivity contribution in [3.05, 3.63) is 89.5 Å². The van der Waals surface area contributed by atoms with E-state index in [2.05, 4.69) is 0 Å². The fraction of sp³-hybridized carbons (Fsp3) is 0.231. The maximum absolute atomic E-state index is 13.4. The standard InChI is InChI=1S/C26H24O6/c1-29-25(27)13-11-22(19-6-3-2-4-7-19)26(28)20-8-5-9-21(15-20)30-16-18-10-12-23-24(14-18)32-17-31-23/h2-10,12,14-15,22H,11,13,16-17H2,1H3. The van der Waals surface area contributed by atoms with Crippen LogP contribution in [-0.2, 0) is 16.1 Å². The van der Waals surface area contributed by atoms with Crippen LogP contribution >= 0.6 is 0 Å². The van der Waals surface area contributed by atoms with Gasteiger partial charge in [0.15, 0.2) is 17.3 Å². The number of benzene rings is 3. The average molecular weight is 432 g/mol. The quantitative estimate of drug-likeness (QED) is 0.353. The third-order valence-corrected chi connectivity index (χ3v) is 5.34. The van der Waals surface area contributed by atoms with Crippen LogP contribution in [0, 0.1) is 0 Å². The molecule has 6 heteroatoms. The van der Waals surface area contributed by atoms with Gasteiger partial charge in [-0.2, -0.15) is 0 Å². The zero-order valence-electron chi connectivity index (χ0n) is 17.8. The zero-order valence-corrected chi connectivity index (χ0v) is 17.8. The van der Waals surface area contributed by atoms with Gasteiger partial charge in [0.25, 0.3) is 0 Å². The van der Waals surface area contributed by atoms with E-state index in [4.69, 9.17) is 18.9 Å². The minimum atomic E-state index is -0.445. The molecule has 0 saturated carbocycles. The van der Waals surface area contributed by atoms with E-state index in [1.165, 1.54) is 7.11 Å². The number of carbonyl (C=O) groups excluding carboxylic acids is 2. The third-order valence-electron chi connectivity index (χ3n) is 5.34. The second kappa shape index (κ2) is 10.0. The van der Waals surface area contributed by atoms with Gasteiger partial charge in [-0.05, 0) is 41.8 Å². The number of rotatable bonds is 9. The Morgan fingerprint density at radius 3 is 2.56 bits per heavy atom. The molecule has 4 rings (SSSR count). The number of fused-ring (bicyclic) bond motifs is 1. The summed E-state index contributed by atoms with van der Waals surface area (Å²) in [7, 11) is 1.35. The lowest BCUT2D eigenvalue weighted by atomic mass is 9.87. The van der Waals surface area contributed by atoms with Crippen molar-refractivity contribution >= 4 is 11.8 Å². The molecular weight excluding hydrogens is 408 g/mol. The Kier molecular flexibility index (Phi) is 6.70. The fourth-order valence-electron chi connectivity index (χ4n) is 3.64. The van der Waals surface area contributed by atoms with Gasteiger partial charge in [-0.1, -0.05) is 48.5 Å². The number of ether oxygens (including phenoxy) is 4. The summed E-state index contributed by atoms with van der Waals surface area (Å²) in [4.78, 5) is 25.0. The number of ketones is 1. The SMILES string of the molecule is COC(=O)CCC(C(=O)c1cccc(OCc2ccc3c(c2)OCO3)c1)c1ccccc1. The lowest BCUT2D eigenvalue weighted by Gasteiger charge is -2.17. The summed E-state index contributed by atoms with van der Waals surface area (Å²) >= 11 is 0. The Hall–Kier alpha value is -3.80. The molecule has 0 fully saturated rings. The zero-order chi connectivity index (χ0) is 22.3. The molecule has 0 radical (unpaired) electrons. The molecule has 3 aromatic rings. The first-order valence-corrected chi connectivity index (χ1v) is 10.4.